The van der Waals surface area contributed by atoms with Gasteiger partial charge in [0.05, 0.1) is 5.39 Å². The minimum Gasteiger partial charge on any atom is -0.437 e. The molecule has 0 spiro atoms. The highest BCUT2D eigenvalue weighted by Crippen LogP contribution is 2.42. The fraction of sp³-hybridized carbons (Fsp3) is 0.0606. The van der Waals surface area contributed by atoms with E-state index in [2.05, 4.69) is 38.1 Å². The SMILES string of the molecule is O=C(Nc1ccccc1)Nc1cccc(CCNc2ncnc3oc(-c4ccccc4)c(-c4ccccc4)c23)c1. The zero-order valence-corrected chi connectivity index (χ0v) is 21.7. The average molecular weight is 526 g/mol. The Hall–Kier alpha value is -5.43. The molecule has 2 amide bonds. The number of anilines is 3. The molecule has 40 heavy (non-hydrogen) atoms. The van der Waals surface area contributed by atoms with Gasteiger partial charge in [-0.15, -0.1) is 0 Å². The topological polar surface area (TPSA) is 92.1 Å². The smallest absolute Gasteiger partial charge is 0.323 e. The highest BCUT2D eigenvalue weighted by Gasteiger charge is 2.21. The van der Waals surface area contributed by atoms with Crippen LogP contribution in [0.5, 0.6) is 0 Å². The molecule has 196 valence electrons. The Morgan fingerprint density at radius 1 is 0.700 bits per heavy atom. The Labute approximate surface area is 231 Å². The number of carbonyl (C=O) groups is 1. The molecule has 4 aromatic carbocycles. The zero-order valence-electron chi connectivity index (χ0n) is 21.7. The molecule has 0 saturated heterocycles. The van der Waals surface area contributed by atoms with Gasteiger partial charge in [-0.2, -0.15) is 0 Å². The van der Waals surface area contributed by atoms with E-state index in [0.29, 0.717) is 18.1 Å². The first-order valence-corrected chi connectivity index (χ1v) is 13.1. The second-order valence-corrected chi connectivity index (χ2v) is 9.26. The van der Waals surface area contributed by atoms with E-state index in [1.165, 1.54) is 6.33 Å². The molecule has 7 nitrogen and oxygen atoms in total. The number of fused-ring (bicyclic) bond motifs is 1. The van der Waals surface area contributed by atoms with E-state index < -0.39 is 0 Å². The van der Waals surface area contributed by atoms with Crippen molar-refractivity contribution in [3.63, 3.8) is 0 Å². The van der Waals surface area contributed by atoms with Crippen molar-refractivity contribution >= 4 is 34.3 Å². The highest BCUT2D eigenvalue weighted by atomic mass is 16.3. The fourth-order valence-electron chi connectivity index (χ4n) is 4.69. The molecule has 2 heterocycles. The van der Waals surface area contributed by atoms with Gasteiger partial charge in [0.15, 0.2) is 0 Å². The van der Waals surface area contributed by atoms with Crippen LogP contribution in [0.4, 0.5) is 22.0 Å². The number of urea groups is 1. The molecule has 0 unspecified atom stereocenters. The predicted octanol–water partition coefficient (Wildman–Crippen LogP) is 7.86. The average Bonchev–Trinajstić information content (AvgIpc) is 3.39. The van der Waals surface area contributed by atoms with Crippen molar-refractivity contribution in [2.45, 2.75) is 6.42 Å². The molecule has 0 bridgehead atoms. The van der Waals surface area contributed by atoms with Crippen LogP contribution in [0.1, 0.15) is 5.56 Å². The summed E-state index contributed by atoms with van der Waals surface area (Å²) in [6.07, 6.45) is 2.25. The van der Waals surface area contributed by atoms with Crippen LogP contribution < -0.4 is 16.0 Å². The number of nitrogens with one attached hydrogen (secondary N) is 3. The van der Waals surface area contributed by atoms with Crippen LogP contribution >= 0.6 is 0 Å². The quantitative estimate of drug-likeness (QED) is 0.188. The van der Waals surface area contributed by atoms with E-state index in [1.54, 1.807) is 0 Å². The van der Waals surface area contributed by atoms with Gasteiger partial charge in [0.1, 0.15) is 17.9 Å². The van der Waals surface area contributed by atoms with E-state index in [-0.39, 0.29) is 6.03 Å². The molecule has 3 N–H and O–H groups in total. The van der Waals surface area contributed by atoms with Crippen molar-refractivity contribution in [2.24, 2.45) is 0 Å². The van der Waals surface area contributed by atoms with Crippen molar-refractivity contribution in [3.8, 4) is 22.5 Å². The highest BCUT2D eigenvalue weighted by molar-refractivity contribution is 6.05. The lowest BCUT2D eigenvalue weighted by molar-refractivity contribution is 0.262. The minimum absolute atomic E-state index is 0.285. The van der Waals surface area contributed by atoms with Gasteiger partial charge in [-0.25, -0.2) is 14.8 Å². The monoisotopic (exact) mass is 525 g/mol. The molecule has 0 aliphatic rings. The first kappa shape index (κ1) is 24.9. The number of rotatable bonds is 8. The summed E-state index contributed by atoms with van der Waals surface area (Å²) in [5.74, 6) is 1.48. The second-order valence-electron chi connectivity index (χ2n) is 9.26. The summed E-state index contributed by atoms with van der Waals surface area (Å²) in [5, 5.41) is 10.1. The number of hydrogen-bond acceptors (Lipinski definition) is 5. The maximum Gasteiger partial charge on any atom is 0.323 e. The summed E-state index contributed by atoms with van der Waals surface area (Å²) in [6, 6.07) is 37.1. The fourth-order valence-corrected chi connectivity index (χ4v) is 4.69. The molecule has 2 aromatic heterocycles. The number of benzene rings is 4. The van der Waals surface area contributed by atoms with Crippen LogP contribution in [0.15, 0.2) is 126 Å². The number of hydrogen-bond donors (Lipinski definition) is 3. The lowest BCUT2D eigenvalue weighted by atomic mass is 9.99. The van der Waals surface area contributed by atoms with Crippen molar-refractivity contribution in [3.05, 3.63) is 127 Å². The van der Waals surface area contributed by atoms with Gasteiger partial charge >= 0.3 is 6.03 Å². The van der Waals surface area contributed by atoms with Crippen molar-refractivity contribution in [2.75, 3.05) is 22.5 Å². The van der Waals surface area contributed by atoms with Gasteiger partial charge in [0.25, 0.3) is 0 Å². The van der Waals surface area contributed by atoms with Crippen molar-refractivity contribution < 1.29 is 9.21 Å². The van der Waals surface area contributed by atoms with E-state index in [1.807, 2.05) is 103 Å². The van der Waals surface area contributed by atoms with Gasteiger partial charge in [0, 0.05) is 29.0 Å². The van der Waals surface area contributed by atoms with Crippen molar-refractivity contribution in [1.29, 1.82) is 0 Å². The Balaban J connectivity index is 1.21. The summed E-state index contributed by atoms with van der Waals surface area (Å²) in [7, 11) is 0. The largest absolute Gasteiger partial charge is 0.437 e. The van der Waals surface area contributed by atoms with Crippen molar-refractivity contribution in [1.82, 2.24) is 9.97 Å². The number of para-hydroxylation sites is 1. The summed E-state index contributed by atoms with van der Waals surface area (Å²) >= 11 is 0. The molecule has 0 atom stereocenters. The molecule has 6 aromatic rings. The van der Waals surface area contributed by atoms with E-state index in [4.69, 9.17) is 4.42 Å². The minimum atomic E-state index is -0.285. The molecule has 0 aliphatic carbocycles. The summed E-state index contributed by atoms with van der Waals surface area (Å²) in [5.41, 5.74) is 6.05. The van der Waals surface area contributed by atoms with Crippen LogP contribution in [0.3, 0.4) is 0 Å². The van der Waals surface area contributed by atoms with Crippen LogP contribution in [-0.4, -0.2) is 22.5 Å². The molecular weight excluding hydrogens is 498 g/mol. The number of carbonyl (C=O) groups excluding carboxylic acids is 1. The van der Waals surface area contributed by atoms with Gasteiger partial charge in [-0.05, 0) is 41.8 Å². The molecular formula is C33H27N5O2. The third kappa shape index (κ3) is 5.54. The zero-order chi connectivity index (χ0) is 27.1. The van der Waals surface area contributed by atoms with Crippen LogP contribution in [0.25, 0.3) is 33.6 Å². The Kier molecular flexibility index (Phi) is 7.17. The molecule has 7 heteroatoms. The summed E-state index contributed by atoms with van der Waals surface area (Å²) in [4.78, 5) is 21.4. The van der Waals surface area contributed by atoms with E-state index in [0.717, 1.165) is 51.2 Å². The second kappa shape index (κ2) is 11.5. The van der Waals surface area contributed by atoms with Gasteiger partial charge in [0.2, 0.25) is 5.71 Å². The molecule has 0 fully saturated rings. The van der Waals surface area contributed by atoms with E-state index in [9.17, 15) is 4.79 Å². The Morgan fingerprint density at radius 3 is 2.10 bits per heavy atom. The number of amides is 2. The molecule has 6 rings (SSSR count). The van der Waals surface area contributed by atoms with Gasteiger partial charge in [-0.1, -0.05) is 91.0 Å². The molecule has 0 saturated carbocycles. The van der Waals surface area contributed by atoms with E-state index >= 15 is 0 Å². The number of nitrogens with zero attached hydrogens (tertiary/aromatic N) is 2. The lowest BCUT2D eigenvalue weighted by Gasteiger charge is -2.10. The van der Waals surface area contributed by atoms with Crippen LogP contribution in [0.2, 0.25) is 0 Å². The standard InChI is InChI=1S/C33H27N5O2/c39-33(37-26-16-8-3-9-17-26)38-27-18-10-11-23(21-27)19-20-34-31-29-28(24-12-4-1-5-13-24)30(25-14-6-2-7-15-25)40-32(29)36-22-35-31/h1-18,21-22H,19-20H2,(H,34,35,36)(H2,37,38,39). The molecule has 0 aliphatic heterocycles. The number of aromatic nitrogens is 2. The predicted molar refractivity (Wildman–Crippen MR) is 160 cm³/mol. The first-order chi connectivity index (χ1) is 19.7. The van der Waals surface area contributed by atoms with Crippen LogP contribution in [-0.2, 0) is 6.42 Å². The normalized spacial score (nSPS) is 10.8. The lowest BCUT2D eigenvalue weighted by Crippen LogP contribution is -2.19. The van der Waals surface area contributed by atoms with Gasteiger partial charge < -0.3 is 20.4 Å². The first-order valence-electron chi connectivity index (χ1n) is 13.1. The summed E-state index contributed by atoms with van der Waals surface area (Å²) < 4.78 is 6.30. The third-order valence-corrected chi connectivity index (χ3v) is 6.51. The molecule has 0 radical (unpaired) electrons. The van der Waals surface area contributed by atoms with Crippen LogP contribution in [0, 0.1) is 0 Å². The summed E-state index contributed by atoms with van der Waals surface area (Å²) in [6.45, 7) is 0.631. The third-order valence-electron chi connectivity index (χ3n) is 6.51. The maximum atomic E-state index is 12.4. The Morgan fingerprint density at radius 2 is 1.35 bits per heavy atom. The maximum absolute atomic E-state index is 12.4. The Bertz CT molecular complexity index is 1740. The number of furan rings is 1. The van der Waals surface area contributed by atoms with Gasteiger partial charge in [-0.3, -0.25) is 0 Å².